The highest BCUT2D eigenvalue weighted by Gasteiger charge is 2.33. The highest BCUT2D eigenvalue weighted by molar-refractivity contribution is 5.92. The summed E-state index contributed by atoms with van der Waals surface area (Å²) in [4.78, 5) is 15.5. The lowest BCUT2D eigenvalue weighted by Gasteiger charge is -2.38. The first kappa shape index (κ1) is 18.8. The molecule has 6 nitrogen and oxygen atoms in total. The minimum absolute atomic E-state index is 0.105. The van der Waals surface area contributed by atoms with E-state index >= 15 is 0 Å². The molecular formula is C21H26N4O2. The van der Waals surface area contributed by atoms with Crippen LogP contribution >= 0.6 is 0 Å². The number of primary amides is 1. The molecule has 0 aromatic heterocycles. The summed E-state index contributed by atoms with van der Waals surface area (Å²) in [6.07, 6.45) is 0.831. The maximum atomic E-state index is 11.2. The lowest BCUT2D eigenvalue weighted by molar-refractivity contribution is 0.0694. The number of guanidine groups is 1. The number of rotatable bonds is 4. The monoisotopic (exact) mass is 366 g/mol. The van der Waals surface area contributed by atoms with Crippen LogP contribution in [-0.4, -0.2) is 24.5 Å². The Kier molecular flexibility index (Phi) is 5.35. The lowest BCUT2D eigenvalue weighted by atomic mass is 9.90. The van der Waals surface area contributed by atoms with Gasteiger partial charge in [0, 0.05) is 31.1 Å². The van der Waals surface area contributed by atoms with Crippen molar-refractivity contribution in [3.63, 3.8) is 0 Å². The first-order chi connectivity index (χ1) is 12.9. The number of para-hydroxylation sites is 1. The van der Waals surface area contributed by atoms with E-state index in [1.54, 1.807) is 19.2 Å². The Morgan fingerprint density at radius 3 is 2.59 bits per heavy atom. The standard InChI is InChI=1S/C21H26N4O2/c1-21(2)12-17(16-6-4-5-7-18(16)27-21)25-20(23-3)24-13-14-8-10-15(11-9-14)19(22)26/h4-11,17H,12-13H2,1-3H3,(H2,22,26)(H2,23,24,25). The molecule has 0 saturated carbocycles. The number of amides is 1. The van der Waals surface area contributed by atoms with Crippen molar-refractivity contribution in [3.05, 3.63) is 65.2 Å². The van der Waals surface area contributed by atoms with Crippen molar-refractivity contribution in [1.82, 2.24) is 10.6 Å². The number of aliphatic imine (C=N–C) groups is 1. The van der Waals surface area contributed by atoms with Crippen molar-refractivity contribution in [3.8, 4) is 5.75 Å². The number of hydrogen-bond acceptors (Lipinski definition) is 3. The van der Waals surface area contributed by atoms with Crippen LogP contribution in [0.5, 0.6) is 5.75 Å². The van der Waals surface area contributed by atoms with Gasteiger partial charge >= 0.3 is 0 Å². The molecule has 1 amide bonds. The molecular weight excluding hydrogens is 340 g/mol. The number of carbonyl (C=O) groups is 1. The minimum atomic E-state index is -0.423. The van der Waals surface area contributed by atoms with Crippen molar-refractivity contribution in [2.45, 2.75) is 38.5 Å². The average Bonchev–Trinajstić information content (AvgIpc) is 2.64. The molecule has 0 bridgehead atoms. The Labute approximate surface area is 159 Å². The third kappa shape index (κ3) is 4.58. The number of nitrogens with one attached hydrogen (secondary N) is 2. The molecule has 0 radical (unpaired) electrons. The number of carbonyl (C=O) groups excluding carboxylic acids is 1. The summed E-state index contributed by atoms with van der Waals surface area (Å²) in [5.41, 5.74) is 7.69. The van der Waals surface area contributed by atoms with Gasteiger partial charge < -0.3 is 21.1 Å². The summed E-state index contributed by atoms with van der Waals surface area (Å²) < 4.78 is 6.09. The Bertz CT molecular complexity index is 844. The van der Waals surface area contributed by atoms with E-state index in [9.17, 15) is 4.79 Å². The Hall–Kier alpha value is -3.02. The summed E-state index contributed by atoms with van der Waals surface area (Å²) >= 11 is 0. The number of benzene rings is 2. The Balaban J connectivity index is 1.67. The van der Waals surface area contributed by atoms with E-state index in [-0.39, 0.29) is 11.6 Å². The maximum Gasteiger partial charge on any atom is 0.248 e. The summed E-state index contributed by atoms with van der Waals surface area (Å²) in [6, 6.07) is 15.4. The van der Waals surface area contributed by atoms with Gasteiger partial charge in [-0.3, -0.25) is 9.79 Å². The van der Waals surface area contributed by atoms with Crippen molar-refractivity contribution in [1.29, 1.82) is 0 Å². The van der Waals surface area contributed by atoms with E-state index in [2.05, 4.69) is 35.5 Å². The molecule has 142 valence electrons. The highest BCUT2D eigenvalue weighted by Crippen LogP contribution is 2.39. The van der Waals surface area contributed by atoms with Gasteiger partial charge in [-0.05, 0) is 37.6 Å². The van der Waals surface area contributed by atoms with Crippen molar-refractivity contribution in [2.24, 2.45) is 10.7 Å². The first-order valence-electron chi connectivity index (χ1n) is 9.02. The van der Waals surface area contributed by atoms with Gasteiger partial charge in [-0.1, -0.05) is 30.3 Å². The predicted molar refractivity (Wildman–Crippen MR) is 107 cm³/mol. The number of nitrogens with zero attached hydrogens (tertiary/aromatic N) is 1. The number of fused-ring (bicyclic) bond motifs is 1. The smallest absolute Gasteiger partial charge is 0.248 e. The van der Waals surface area contributed by atoms with Gasteiger partial charge in [0.1, 0.15) is 11.4 Å². The molecule has 2 aromatic rings. The fourth-order valence-corrected chi connectivity index (χ4v) is 3.26. The van der Waals surface area contributed by atoms with Crippen LogP contribution in [0, 0.1) is 0 Å². The normalized spacial score (nSPS) is 18.2. The first-order valence-corrected chi connectivity index (χ1v) is 9.02. The van der Waals surface area contributed by atoms with E-state index in [1.807, 2.05) is 30.3 Å². The molecule has 0 saturated heterocycles. The van der Waals surface area contributed by atoms with Crippen LogP contribution in [0.1, 0.15) is 47.8 Å². The van der Waals surface area contributed by atoms with Crippen LogP contribution in [0.25, 0.3) is 0 Å². The molecule has 0 spiro atoms. The van der Waals surface area contributed by atoms with Gasteiger partial charge in [-0.2, -0.15) is 0 Å². The molecule has 3 rings (SSSR count). The second kappa shape index (κ2) is 7.70. The number of hydrogen-bond donors (Lipinski definition) is 3. The van der Waals surface area contributed by atoms with Crippen molar-refractivity contribution >= 4 is 11.9 Å². The molecule has 6 heteroatoms. The average molecular weight is 366 g/mol. The third-order valence-electron chi connectivity index (χ3n) is 4.61. The van der Waals surface area contributed by atoms with Gasteiger partial charge in [0.25, 0.3) is 0 Å². The number of ether oxygens (including phenoxy) is 1. The highest BCUT2D eigenvalue weighted by atomic mass is 16.5. The van der Waals surface area contributed by atoms with E-state index in [0.717, 1.165) is 23.3 Å². The molecule has 1 atom stereocenters. The summed E-state index contributed by atoms with van der Waals surface area (Å²) in [6.45, 7) is 4.77. The minimum Gasteiger partial charge on any atom is -0.487 e. The summed E-state index contributed by atoms with van der Waals surface area (Å²) in [5, 5.41) is 6.82. The zero-order valence-corrected chi connectivity index (χ0v) is 16.0. The molecule has 2 aromatic carbocycles. The van der Waals surface area contributed by atoms with Crippen molar-refractivity contribution in [2.75, 3.05) is 7.05 Å². The van der Waals surface area contributed by atoms with Gasteiger partial charge in [0.05, 0.1) is 6.04 Å². The van der Waals surface area contributed by atoms with Gasteiger partial charge in [-0.15, -0.1) is 0 Å². The molecule has 0 fully saturated rings. The summed E-state index contributed by atoms with van der Waals surface area (Å²) in [7, 11) is 1.75. The maximum absolute atomic E-state index is 11.2. The second-order valence-electron chi connectivity index (χ2n) is 7.29. The molecule has 0 aliphatic carbocycles. The van der Waals surface area contributed by atoms with Crippen molar-refractivity contribution < 1.29 is 9.53 Å². The molecule has 27 heavy (non-hydrogen) atoms. The van der Waals surface area contributed by atoms with E-state index in [1.165, 1.54) is 0 Å². The Morgan fingerprint density at radius 2 is 1.93 bits per heavy atom. The zero-order valence-electron chi connectivity index (χ0n) is 16.0. The fourth-order valence-electron chi connectivity index (χ4n) is 3.26. The van der Waals surface area contributed by atoms with Gasteiger partial charge in [0.15, 0.2) is 5.96 Å². The Morgan fingerprint density at radius 1 is 1.22 bits per heavy atom. The molecule has 1 heterocycles. The van der Waals surface area contributed by atoms with Crippen LogP contribution < -0.4 is 21.1 Å². The van der Waals surface area contributed by atoms with Crippen LogP contribution in [0.15, 0.2) is 53.5 Å². The second-order valence-corrected chi connectivity index (χ2v) is 7.29. The fraction of sp³-hybridized carbons (Fsp3) is 0.333. The predicted octanol–water partition coefficient (Wildman–Crippen LogP) is 2.75. The van der Waals surface area contributed by atoms with Crippen LogP contribution in [0.4, 0.5) is 0 Å². The van der Waals surface area contributed by atoms with E-state index in [4.69, 9.17) is 10.5 Å². The zero-order chi connectivity index (χ0) is 19.4. The lowest BCUT2D eigenvalue weighted by Crippen LogP contribution is -2.45. The largest absolute Gasteiger partial charge is 0.487 e. The van der Waals surface area contributed by atoms with E-state index in [0.29, 0.717) is 18.1 Å². The topological polar surface area (TPSA) is 88.7 Å². The SMILES string of the molecule is CN=C(NCc1ccc(C(N)=O)cc1)NC1CC(C)(C)Oc2ccccc21. The van der Waals surface area contributed by atoms with Gasteiger partial charge in [-0.25, -0.2) is 0 Å². The summed E-state index contributed by atoms with van der Waals surface area (Å²) in [5.74, 6) is 1.20. The number of nitrogens with two attached hydrogens (primary N) is 1. The van der Waals surface area contributed by atoms with Crippen LogP contribution in [-0.2, 0) is 6.54 Å². The van der Waals surface area contributed by atoms with Gasteiger partial charge in [0.2, 0.25) is 5.91 Å². The molecule has 4 N–H and O–H groups in total. The quantitative estimate of drug-likeness (QED) is 0.573. The third-order valence-corrected chi connectivity index (χ3v) is 4.61. The van der Waals surface area contributed by atoms with Crippen LogP contribution in [0.3, 0.4) is 0 Å². The molecule has 1 aliphatic heterocycles. The van der Waals surface area contributed by atoms with E-state index < -0.39 is 5.91 Å². The molecule has 1 unspecified atom stereocenters. The molecule has 1 aliphatic rings. The van der Waals surface area contributed by atoms with Crippen LogP contribution in [0.2, 0.25) is 0 Å².